The SMILES string of the molecule is OC1CCOCC1c1nc(Cc2ccncc2)no1. The molecule has 6 heteroatoms. The van der Waals surface area contributed by atoms with Crippen LogP contribution in [0.15, 0.2) is 29.0 Å². The van der Waals surface area contributed by atoms with Gasteiger partial charge >= 0.3 is 0 Å². The van der Waals surface area contributed by atoms with Gasteiger partial charge in [0.1, 0.15) is 0 Å². The van der Waals surface area contributed by atoms with Crippen LogP contribution in [-0.4, -0.2) is 39.5 Å². The van der Waals surface area contributed by atoms with Gasteiger partial charge in [0, 0.05) is 25.4 Å². The lowest BCUT2D eigenvalue weighted by molar-refractivity contribution is -0.0149. The van der Waals surface area contributed by atoms with Gasteiger partial charge in [-0.25, -0.2) is 0 Å². The maximum atomic E-state index is 9.91. The molecule has 0 amide bonds. The van der Waals surface area contributed by atoms with E-state index in [1.165, 1.54) is 0 Å². The molecule has 1 N–H and O–H groups in total. The van der Waals surface area contributed by atoms with Gasteiger partial charge in [-0.2, -0.15) is 4.98 Å². The predicted molar refractivity (Wildman–Crippen MR) is 65.5 cm³/mol. The van der Waals surface area contributed by atoms with Crippen LogP contribution in [0, 0.1) is 0 Å². The highest BCUT2D eigenvalue weighted by Gasteiger charge is 2.30. The Bertz CT molecular complexity index is 529. The minimum Gasteiger partial charge on any atom is -0.392 e. The summed E-state index contributed by atoms with van der Waals surface area (Å²) in [5, 5.41) is 13.9. The molecule has 0 aliphatic carbocycles. The van der Waals surface area contributed by atoms with Crippen LogP contribution in [0.5, 0.6) is 0 Å². The van der Waals surface area contributed by atoms with Crippen molar-refractivity contribution >= 4 is 0 Å². The van der Waals surface area contributed by atoms with Crippen molar-refractivity contribution in [3.05, 3.63) is 41.8 Å². The van der Waals surface area contributed by atoms with Crippen molar-refractivity contribution in [1.82, 2.24) is 15.1 Å². The van der Waals surface area contributed by atoms with Crippen LogP contribution in [0.3, 0.4) is 0 Å². The van der Waals surface area contributed by atoms with Gasteiger partial charge < -0.3 is 14.4 Å². The molecule has 2 aromatic rings. The molecular formula is C13H15N3O3. The fourth-order valence-electron chi connectivity index (χ4n) is 2.14. The molecule has 0 saturated carbocycles. The Labute approximate surface area is 110 Å². The van der Waals surface area contributed by atoms with Crippen molar-refractivity contribution in [2.45, 2.75) is 24.9 Å². The van der Waals surface area contributed by atoms with Crippen LogP contribution in [0.1, 0.15) is 29.6 Å². The van der Waals surface area contributed by atoms with Gasteiger partial charge in [0.15, 0.2) is 5.82 Å². The van der Waals surface area contributed by atoms with Gasteiger partial charge in [-0.05, 0) is 24.1 Å². The van der Waals surface area contributed by atoms with E-state index in [1.807, 2.05) is 12.1 Å². The maximum Gasteiger partial charge on any atom is 0.234 e. The zero-order chi connectivity index (χ0) is 13.1. The first-order valence-electron chi connectivity index (χ1n) is 6.30. The number of aromatic nitrogens is 3. The maximum absolute atomic E-state index is 9.91. The van der Waals surface area contributed by atoms with Crippen LogP contribution in [0.4, 0.5) is 0 Å². The average molecular weight is 261 g/mol. The van der Waals surface area contributed by atoms with Crippen molar-refractivity contribution in [3.63, 3.8) is 0 Å². The highest BCUT2D eigenvalue weighted by Crippen LogP contribution is 2.24. The number of hydrogen-bond acceptors (Lipinski definition) is 6. The second kappa shape index (κ2) is 5.46. The summed E-state index contributed by atoms with van der Waals surface area (Å²) in [6.07, 6.45) is 4.19. The number of nitrogens with zero attached hydrogens (tertiary/aromatic N) is 3. The second-order valence-corrected chi connectivity index (χ2v) is 4.62. The molecule has 0 bridgehead atoms. The minimum atomic E-state index is -0.469. The van der Waals surface area contributed by atoms with E-state index in [4.69, 9.17) is 9.26 Å². The number of ether oxygens (including phenoxy) is 1. The van der Waals surface area contributed by atoms with Crippen molar-refractivity contribution < 1.29 is 14.4 Å². The quantitative estimate of drug-likeness (QED) is 0.884. The Morgan fingerprint density at radius 2 is 2.16 bits per heavy atom. The largest absolute Gasteiger partial charge is 0.392 e. The van der Waals surface area contributed by atoms with Crippen molar-refractivity contribution in [2.75, 3.05) is 13.2 Å². The average Bonchev–Trinajstić information content (AvgIpc) is 2.89. The van der Waals surface area contributed by atoms with Gasteiger partial charge in [0.05, 0.1) is 18.6 Å². The van der Waals surface area contributed by atoms with E-state index in [0.717, 1.165) is 5.56 Å². The van der Waals surface area contributed by atoms with Crippen LogP contribution in [-0.2, 0) is 11.2 Å². The summed E-state index contributed by atoms with van der Waals surface area (Å²) in [6, 6.07) is 3.82. The van der Waals surface area contributed by atoms with E-state index in [2.05, 4.69) is 15.1 Å². The van der Waals surface area contributed by atoms with E-state index in [0.29, 0.717) is 37.8 Å². The Morgan fingerprint density at radius 1 is 1.32 bits per heavy atom. The van der Waals surface area contributed by atoms with Crippen LogP contribution in [0.2, 0.25) is 0 Å². The Hall–Kier alpha value is -1.79. The normalized spacial score (nSPS) is 23.4. The number of aliphatic hydroxyl groups excluding tert-OH is 1. The Kier molecular flexibility index (Phi) is 3.52. The third kappa shape index (κ3) is 2.80. The minimum absolute atomic E-state index is 0.215. The van der Waals surface area contributed by atoms with Crippen molar-refractivity contribution in [3.8, 4) is 0 Å². The standard InChI is InChI=1S/C13H15N3O3/c17-11-3-6-18-8-10(11)13-15-12(16-19-13)7-9-1-4-14-5-2-9/h1-2,4-5,10-11,17H,3,6-8H2. The summed E-state index contributed by atoms with van der Waals surface area (Å²) in [6.45, 7) is 1.01. The summed E-state index contributed by atoms with van der Waals surface area (Å²) >= 11 is 0. The van der Waals surface area contributed by atoms with Gasteiger partial charge in [0.25, 0.3) is 0 Å². The monoisotopic (exact) mass is 261 g/mol. The lowest BCUT2D eigenvalue weighted by Gasteiger charge is -2.24. The molecule has 1 aliphatic heterocycles. The Morgan fingerprint density at radius 3 is 2.95 bits per heavy atom. The molecule has 0 aromatic carbocycles. The third-order valence-electron chi connectivity index (χ3n) is 3.23. The molecule has 100 valence electrons. The molecule has 1 fully saturated rings. The van der Waals surface area contributed by atoms with Gasteiger partial charge in [-0.1, -0.05) is 5.16 Å². The highest BCUT2D eigenvalue weighted by atomic mass is 16.5. The summed E-state index contributed by atoms with van der Waals surface area (Å²) in [4.78, 5) is 8.30. The van der Waals surface area contributed by atoms with Gasteiger partial charge in [0.2, 0.25) is 5.89 Å². The highest BCUT2D eigenvalue weighted by molar-refractivity contribution is 5.15. The molecule has 0 spiro atoms. The molecule has 1 saturated heterocycles. The smallest absolute Gasteiger partial charge is 0.234 e. The topological polar surface area (TPSA) is 81.3 Å². The number of rotatable bonds is 3. The molecule has 19 heavy (non-hydrogen) atoms. The van der Waals surface area contributed by atoms with Crippen molar-refractivity contribution in [1.29, 1.82) is 0 Å². The predicted octanol–water partition coefficient (Wildman–Crippen LogP) is 0.920. The van der Waals surface area contributed by atoms with E-state index in [9.17, 15) is 5.11 Å². The van der Waals surface area contributed by atoms with Gasteiger partial charge in [-0.3, -0.25) is 4.98 Å². The van der Waals surface area contributed by atoms with E-state index in [1.54, 1.807) is 12.4 Å². The number of hydrogen-bond donors (Lipinski definition) is 1. The summed E-state index contributed by atoms with van der Waals surface area (Å²) in [5.74, 6) is 0.850. The van der Waals surface area contributed by atoms with Crippen LogP contribution >= 0.6 is 0 Å². The molecule has 6 nitrogen and oxygen atoms in total. The van der Waals surface area contributed by atoms with Crippen LogP contribution < -0.4 is 0 Å². The molecule has 2 atom stereocenters. The summed E-state index contributed by atoms with van der Waals surface area (Å²) in [5.41, 5.74) is 1.07. The third-order valence-corrected chi connectivity index (χ3v) is 3.23. The zero-order valence-electron chi connectivity index (χ0n) is 10.4. The fraction of sp³-hybridized carbons (Fsp3) is 0.462. The lowest BCUT2D eigenvalue weighted by atomic mass is 9.99. The molecule has 3 heterocycles. The number of pyridine rings is 1. The molecule has 1 aliphatic rings. The van der Waals surface area contributed by atoms with Crippen molar-refractivity contribution in [2.24, 2.45) is 0 Å². The fourth-order valence-corrected chi connectivity index (χ4v) is 2.14. The first-order chi connectivity index (χ1) is 9.33. The van der Waals surface area contributed by atoms with E-state index < -0.39 is 6.10 Å². The first-order valence-corrected chi connectivity index (χ1v) is 6.30. The summed E-state index contributed by atoms with van der Waals surface area (Å²) < 4.78 is 10.6. The second-order valence-electron chi connectivity index (χ2n) is 4.62. The summed E-state index contributed by atoms with van der Waals surface area (Å²) in [7, 11) is 0. The van der Waals surface area contributed by atoms with E-state index >= 15 is 0 Å². The lowest BCUT2D eigenvalue weighted by Crippen LogP contribution is -2.30. The number of aliphatic hydroxyl groups is 1. The molecular weight excluding hydrogens is 246 g/mol. The molecule has 3 rings (SSSR count). The molecule has 2 unspecified atom stereocenters. The zero-order valence-corrected chi connectivity index (χ0v) is 10.4. The molecule has 0 radical (unpaired) electrons. The first kappa shape index (κ1) is 12.3. The van der Waals surface area contributed by atoms with Crippen LogP contribution in [0.25, 0.3) is 0 Å². The molecule has 2 aromatic heterocycles. The van der Waals surface area contributed by atoms with Gasteiger partial charge in [-0.15, -0.1) is 0 Å². The Balaban J connectivity index is 1.72. The van der Waals surface area contributed by atoms with E-state index in [-0.39, 0.29) is 5.92 Å².